The van der Waals surface area contributed by atoms with E-state index in [2.05, 4.69) is 16.1 Å². The SMILES string of the molecule is Cc1ccc(F)cc1-c1cc(C2CC2)n(C2CC3(CNC3)C2)n1. The molecule has 2 heterocycles. The Bertz CT molecular complexity index is 763. The van der Waals surface area contributed by atoms with E-state index in [9.17, 15) is 4.39 Å². The van der Waals surface area contributed by atoms with Gasteiger partial charge in [0.2, 0.25) is 0 Å². The second kappa shape index (κ2) is 4.67. The standard InChI is InChI=1S/C19H22FN3/c1-12-2-5-14(20)6-16(12)17-7-18(13-3-4-13)23(22-17)15-8-19(9-15)10-21-11-19/h2,5-7,13,15,21H,3-4,8-11H2,1H3. The molecule has 5 rings (SSSR count). The second-order valence-electron chi connectivity index (χ2n) is 7.80. The first-order valence-corrected chi connectivity index (χ1v) is 8.70. The van der Waals surface area contributed by atoms with Crippen molar-refractivity contribution in [2.45, 2.75) is 44.6 Å². The molecule has 0 amide bonds. The predicted molar refractivity (Wildman–Crippen MR) is 87.9 cm³/mol. The van der Waals surface area contributed by atoms with E-state index in [1.807, 2.05) is 13.0 Å². The zero-order chi connectivity index (χ0) is 15.6. The molecule has 3 aliphatic rings. The molecule has 23 heavy (non-hydrogen) atoms. The van der Waals surface area contributed by atoms with Crippen molar-refractivity contribution in [2.75, 3.05) is 13.1 Å². The van der Waals surface area contributed by atoms with Gasteiger partial charge in [0.15, 0.2) is 0 Å². The highest BCUT2D eigenvalue weighted by molar-refractivity contribution is 5.64. The van der Waals surface area contributed by atoms with Gasteiger partial charge in [0.25, 0.3) is 0 Å². The van der Waals surface area contributed by atoms with E-state index < -0.39 is 0 Å². The van der Waals surface area contributed by atoms with E-state index in [-0.39, 0.29) is 5.82 Å². The maximum atomic E-state index is 13.7. The fourth-order valence-electron chi connectivity index (χ4n) is 4.27. The van der Waals surface area contributed by atoms with Gasteiger partial charge in [-0.05, 0) is 61.8 Å². The van der Waals surface area contributed by atoms with Crippen LogP contribution in [0.1, 0.15) is 48.9 Å². The summed E-state index contributed by atoms with van der Waals surface area (Å²) in [7, 11) is 0. The van der Waals surface area contributed by atoms with Crippen molar-refractivity contribution in [3.05, 3.63) is 41.3 Å². The third-order valence-electron chi connectivity index (χ3n) is 5.92. The fourth-order valence-corrected chi connectivity index (χ4v) is 4.27. The summed E-state index contributed by atoms with van der Waals surface area (Å²) in [6.07, 6.45) is 5.02. The van der Waals surface area contributed by atoms with Crippen LogP contribution < -0.4 is 5.32 Å². The summed E-state index contributed by atoms with van der Waals surface area (Å²) in [5, 5.41) is 8.32. The molecule has 1 aromatic heterocycles. The summed E-state index contributed by atoms with van der Waals surface area (Å²) in [4.78, 5) is 0. The molecule has 4 heteroatoms. The first kappa shape index (κ1) is 13.7. The lowest BCUT2D eigenvalue weighted by Gasteiger charge is -2.54. The smallest absolute Gasteiger partial charge is 0.123 e. The molecule has 1 spiro atoms. The van der Waals surface area contributed by atoms with Crippen LogP contribution >= 0.6 is 0 Å². The number of nitrogens with one attached hydrogen (secondary N) is 1. The van der Waals surface area contributed by atoms with E-state index in [4.69, 9.17) is 5.10 Å². The molecular weight excluding hydrogens is 289 g/mol. The number of aromatic nitrogens is 2. The van der Waals surface area contributed by atoms with Crippen LogP contribution in [-0.4, -0.2) is 22.9 Å². The molecule has 0 radical (unpaired) electrons. The average Bonchev–Trinajstić information content (AvgIpc) is 3.19. The molecule has 0 unspecified atom stereocenters. The number of rotatable bonds is 3. The van der Waals surface area contributed by atoms with E-state index in [0.29, 0.717) is 17.4 Å². The highest BCUT2D eigenvalue weighted by Crippen LogP contribution is 2.53. The molecule has 1 aromatic carbocycles. The van der Waals surface area contributed by atoms with Crippen molar-refractivity contribution in [1.29, 1.82) is 0 Å². The zero-order valence-electron chi connectivity index (χ0n) is 13.5. The lowest BCUT2D eigenvalue weighted by Crippen LogP contribution is -2.60. The minimum absolute atomic E-state index is 0.184. The summed E-state index contributed by atoms with van der Waals surface area (Å²) in [5.41, 5.74) is 4.89. The van der Waals surface area contributed by atoms with Gasteiger partial charge in [0.1, 0.15) is 5.82 Å². The van der Waals surface area contributed by atoms with Crippen LogP contribution in [0.15, 0.2) is 24.3 Å². The Balaban J connectivity index is 1.51. The molecule has 2 aliphatic carbocycles. The summed E-state index contributed by atoms with van der Waals surface area (Å²) >= 11 is 0. The average molecular weight is 311 g/mol. The Labute approximate surface area is 135 Å². The van der Waals surface area contributed by atoms with Crippen LogP contribution in [0.3, 0.4) is 0 Å². The lowest BCUT2D eigenvalue weighted by atomic mass is 9.61. The number of benzene rings is 1. The maximum absolute atomic E-state index is 13.7. The zero-order valence-corrected chi connectivity index (χ0v) is 13.5. The molecule has 2 saturated carbocycles. The van der Waals surface area contributed by atoms with Crippen molar-refractivity contribution >= 4 is 0 Å². The Hall–Kier alpha value is -1.68. The highest BCUT2D eigenvalue weighted by Gasteiger charge is 2.50. The molecular formula is C19H22FN3. The van der Waals surface area contributed by atoms with Gasteiger partial charge in [-0.15, -0.1) is 0 Å². The number of hydrogen-bond donors (Lipinski definition) is 1. The van der Waals surface area contributed by atoms with Crippen molar-refractivity contribution in [2.24, 2.45) is 5.41 Å². The third kappa shape index (κ3) is 2.15. The predicted octanol–water partition coefficient (Wildman–Crippen LogP) is 3.80. The number of nitrogens with zero attached hydrogens (tertiary/aromatic N) is 2. The van der Waals surface area contributed by atoms with Gasteiger partial charge in [-0.3, -0.25) is 4.68 Å². The van der Waals surface area contributed by atoms with Crippen LogP contribution in [0.2, 0.25) is 0 Å². The van der Waals surface area contributed by atoms with Crippen LogP contribution in [-0.2, 0) is 0 Å². The monoisotopic (exact) mass is 311 g/mol. The number of hydrogen-bond acceptors (Lipinski definition) is 2. The lowest BCUT2D eigenvalue weighted by molar-refractivity contribution is 0.00125. The molecule has 2 aromatic rings. The topological polar surface area (TPSA) is 29.9 Å². The van der Waals surface area contributed by atoms with E-state index in [1.165, 1.54) is 50.5 Å². The Morgan fingerprint density at radius 2 is 2.00 bits per heavy atom. The van der Waals surface area contributed by atoms with Crippen molar-refractivity contribution < 1.29 is 4.39 Å². The van der Waals surface area contributed by atoms with Gasteiger partial charge in [0.05, 0.1) is 11.7 Å². The van der Waals surface area contributed by atoms with E-state index in [1.54, 1.807) is 6.07 Å². The minimum Gasteiger partial charge on any atom is -0.316 e. The molecule has 0 bridgehead atoms. The molecule has 1 aliphatic heterocycles. The van der Waals surface area contributed by atoms with Crippen molar-refractivity contribution in [3.63, 3.8) is 0 Å². The molecule has 3 nitrogen and oxygen atoms in total. The fraction of sp³-hybridized carbons (Fsp3) is 0.526. The first-order chi connectivity index (χ1) is 11.1. The minimum atomic E-state index is -0.184. The van der Waals surface area contributed by atoms with Gasteiger partial charge in [0, 0.05) is 30.3 Å². The van der Waals surface area contributed by atoms with Gasteiger partial charge in [-0.2, -0.15) is 5.10 Å². The first-order valence-electron chi connectivity index (χ1n) is 8.70. The van der Waals surface area contributed by atoms with Gasteiger partial charge >= 0.3 is 0 Å². The summed E-state index contributed by atoms with van der Waals surface area (Å²) in [5.74, 6) is 0.484. The Morgan fingerprint density at radius 1 is 1.22 bits per heavy atom. The molecule has 120 valence electrons. The van der Waals surface area contributed by atoms with Gasteiger partial charge < -0.3 is 5.32 Å². The van der Waals surface area contributed by atoms with Gasteiger partial charge in [-0.1, -0.05) is 6.07 Å². The van der Waals surface area contributed by atoms with Crippen LogP contribution in [0.4, 0.5) is 4.39 Å². The van der Waals surface area contributed by atoms with Crippen molar-refractivity contribution in [3.8, 4) is 11.3 Å². The quantitative estimate of drug-likeness (QED) is 0.934. The summed E-state index contributed by atoms with van der Waals surface area (Å²) in [6.45, 7) is 4.36. The second-order valence-corrected chi connectivity index (χ2v) is 7.80. The maximum Gasteiger partial charge on any atom is 0.123 e. The van der Waals surface area contributed by atoms with E-state index >= 15 is 0 Å². The normalized spacial score (nSPS) is 22.9. The Morgan fingerprint density at radius 3 is 2.65 bits per heavy atom. The Kier molecular flexibility index (Phi) is 2.79. The highest BCUT2D eigenvalue weighted by atomic mass is 19.1. The van der Waals surface area contributed by atoms with Crippen LogP contribution in [0.5, 0.6) is 0 Å². The van der Waals surface area contributed by atoms with E-state index in [0.717, 1.165) is 16.8 Å². The molecule has 1 saturated heterocycles. The molecule has 3 fully saturated rings. The summed E-state index contributed by atoms with van der Waals surface area (Å²) < 4.78 is 15.9. The van der Waals surface area contributed by atoms with Crippen LogP contribution in [0.25, 0.3) is 11.3 Å². The summed E-state index contributed by atoms with van der Waals surface area (Å²) in [6, 6.07) is 7.74. The third-order valence-corrected chi connectivity index (χ3v) is 5.92. The van der Waals surface area contributed by atoms with Gasteiger partial charge in [-0.25, -0.2) is 4.39 Å². The van der Waals surface area contributed by atoms with Crippen LogP contribution in [0, 0.1) is 18.2 Å². The van der Waals surface area contributed by atoms with Crippen molar-refractivity contribution in [1.82, 2.24) is 15.1 Å². The molecule has 1 N–H and O–H groups in total. The number of aryl methyl sites for hydroxylation is 1. The molecule has 0 atom stereocenters. The number of halogens is 1. The largest absolute Gasteiger partial charge is 0.316 e.